The molecule has 3 rings (SSSR count). The number of hydrogen-bond acceptors (Lipinski definition) is 5. The zero-order chi connectivity index (χ0) is 18.7. The van der Waals surface area contributed by atoms with E-state index in [-0.39, 0.29) is 6.42 Å². The summed E-state index contributed by atoms with van der Waals surface area (Å²) in [5.41, 5.74) is 8.07. The van der Waals surface area contributed by atoms with Gasteiger partial charge in [-0.3, -0.25) is 4.79 Å². The monoisotopic (exact) mass is 351 g/mol. The van der Waals surface area contributed by atoms with Gasteiger partial charge in [-0.05, 0) is 36.4 Å². The molecule has 0 radical (unpaired) electrons. The van der Waals surface area contributed by atoms with Gasteiger partial charge in [0.1, 0.15) is 5.75 Å². The highest BCUT2D eigenvalue weighted by Gasteiger charge is 2.16. The Morgan fingerprint density at radius 1 is 1.19 bits per heavy atom. The Morgan fingerprint density at radius 2 is 1.92 bits per heavy atom. The summed E-state index contributed by atoms with van der Waals surface area (Å²) in [4.78, 5) is 17.9. The van der Waals surface area contributed by atoms with Crippen LogP contribution in [-0.4, -0.2) is 41.9 Å². The second-order valence-electron chi connectivity index (χ2n) is 6.05. The molecule has 3 aromatic rings. The second-order valence-corrected chi connectivity index (χ2v) is 6.05. The number of hydrogen-bond donors (Lipinski definition) is 1. The average Bonchev–Trinajstić information content (AvgIpc) is 3.05. The molecular formula is C19H21N5O2. The van der Waals surface area contributed by atoms with Gasteiger partial charge in [0, 0.05) is 25.3 Å². The van der Waals surface area contributed by atoms with Crippen LogP contribution in [0.3, 0.4) is 0 Å². The maximum Gasteiger partial charge on any atom is 0.225 e. The maximum absolute atomic E-state index is 11.3. The third kappa shape index (κ3) is 3.66. The van der Waals surface area contributed by atoms with Gasteiger partial charge in [0.25, 0.3) is 0 Å². The number of amides is 1. The molecule has 0 bridgehead atoms. The van der Waals surface area contributed by atoms with Crippen LogP contribution in [-0.2, 0) is 11.2 Å². The van der Waals surface area contributed by atoms with E-state index in [4.69, 9.17) is 10.5 Å². The van der Waals surface area contributed by atoms with Crippen LogP contribution in [0.1, 0.15) is 5.82 Å². The molecule has 7 nitrogen and oxygen atoms in total. The smallest absolute Gasteiger partial charge is 0.225 e. The van der Waals surface area contributed by atoms with Gasteiger partial charge in [0.05, 0.1) is 19.2 Å². The quantitative estimate of drug-likeness (QED) is 0.734. The van der Waals surface area contributed by atoms with Crippen molar-refractivity contribution < 1.29 is 9.53 Å². The normalized spacial score (nSPS) is 10.6. The summed E-state index contributed by atoms with van der Waals surface area (Å²) < 4.78 is 6.92. The minimum atomic E-state index is -0.467. The van der Waals surface area contributed by atoms with E-state index < -0.39 is 5.91 Å². The summed E-state index contributed by atoms with van der Waals surface area (Å²) in [5.74, 6) is 1.32. The molecule has 0 saturated carbocycles. The number of ether oxygens (including phenoxy) is 1. The molecule has 0 saturated heterocycles. The number of rotatable bonds is 6. The summed E-state index contributed by atoms with van der Waals surface area (Å²) in [7, 11) is 5.57. The summed E-state index contributed by atoms with van der Waals surface area (Å²) in [6.07, 6.45) is -0.0104. The van der Waals surface area contributed by atoms with E-state index in [9.17, 15) is 4.79 Å². The van der Waals surface area contributed by atoms with E-state index in [2.05, 4.69) is 10.1 Å². The van der Waals surface area contributed by atoms with Crippen LogP contribution in [0.2, 0.25) is 0 Å². The summed E-state index contributed by atoms with van der Waals surface area (Å²) >= 11 is 0. The van der Waals surface area contributed by atoms with Crippen LogP contribution in [0, 0.1) is 0 Å². The molecule has 2 N–H and O–H groups in total. The van der Waals surface area contributed by atoms with E-state index in [0.717, 1.165) is 22.7 Å². The molecule has 0 atom stereocenters. The van der Waals surface area contributed by atoms with Crippen LogP contribution >= 0.6 is 0 Å². The molecule has 0 aliphatic rings. The Balaban J connectivity index is 2.11. The SMILES string of the molecule is COc1ccc(-n2nc(CC(N)=O)nc2-c2cccc(N(C)C)c2)cc1. The molecule has 2 aromatic carbocycles. The average molecular weight is 351 g/mol. The van der Waals surface area contributed by atoms with Crippen molar-refractivity contribution in [3.63, 3.8) is 0 Å². The van der Waals surface area contributed by atoms with Gasteiger partial charge in [0.2, 0.25) is 5.91 Å². The Kier molecular flexibility index (Phi) is 4.88. The highest BCUT2D eigenvalue weighted by Crippen LogP contribution is 2.26. The number of methoxy groups -OCH3 is 1. The highest BCUT2D eigenvalue weighted by atomic mass is 16.5. The number of primary amides is 1. The lowest BCUT2D eigenvalue weighted by Crippen LogP contribution is -2.14. The van der Waals surface area contributed by atoms with Crippen molar-refractivity contribution in [2.75, 3.05) is 26.1 Å². The topological polar surface area (TPSA) is 86.3 Å². The number of nitrogens with two attached hydrogens (primary N) is 1. The minimum absolute atomic E-state index is 0.0104. The molecule has 134 valence electrons. The first kappa shape index (κ1) is 17.5. The lowest BCUT2D eigenvalue weighted by molar-refractivity contribution is -0.117. The fourth-order valence-corrected chi connectivity index (χ4v) is 2.60. The number of carbonyl (C=O) groups is 1. The molecule has 1 amide bonds. The minimum Gasteiger partial charge on any atom is -0.497 e. The standard InChI is InChI=1S/C19H21N5O2/c1-23(2)15-6-4-5-13(11-15)19-21-18(12-17(20)25)22-24(19)14-7-9-16(26-3)10-8-14/h4-11H,12H2,1-3H3,(H2,20,25). The van der Waals surface area contributed by atoms with E-state index in [0.29, 0.717) is 11.6 Å². The zero-order valence-corrected chi connectivity index (χ0v) is 15.0. The Labute approximate surface area is 152 Å². The molecule has 0 aliphatic heterocycles. The first-order valence-corrected chi connectivity index (χ1v) is 8.14. The molecule has 0 fully saturated rings. The van der Waals surface area contributed by atoms with Crippen LogP contribution < -0.4 is 15.4 Å². The second kappa shape index (κ2) is 7.26. The van der Waals surface area contributed by atoms with Crippen LogP contribution in [0.15, 0.2) is 48.5 Å². The van der Waals surface area contributed by atoms with Gasteiger partial charge in [-0.15, -0.1) is 0 Å². The maximum atomic E-state index is 11.3. The van der Waals surface area contributed by atoms with Crippen molar-refractivity contribution in [2.45, 2.75) is 6.42 Å². The number of nitrogens with zero attached hydrogens (tertiary/aromatic N) is 4. The van der Waals surface area contributed by atoms with E-state index in [1.807, 2.05) is 67.5 Å². The first-order valence-electron chi connectivity index (χ1n) is 8.14. The highest BCUT2D eigenvalue weighted by molar-refractivity contribution is 5.76. The van der Waals surface area contributed by atoms with Gasteiger partial charge in [0.15, 0.2) is 11.6 Å². The molecule has 1 aromatic heterocycles. The molecular weight excluding hydrogens is 330 g/mol. The van der Waals surface area contributed by atoms with Crippen molar-refractivity contribution in [2.24, 2.45) is 5.73 Å². The number of aromatic nitrogens is 3. The van der Waals surface area contributed by atoms with Gasteiger partial charge in [-0.1, -0.05) is 12.1 Å². The molecule has 0 unspecified atom stereocenters. The molecule has 1 heterocycles. The fourth-order valence-electron chi connectivity index (χ4n) is 2.60. The van der Waals surface area contributed by atoms with Crippen molar-refractivity contribution in [1.82, 2.24) is 14.8 Å². The van der Waals surface area contributed by atoms with Crippen LogP contribution in [0.5, 0.6) is 5.75 Å². The Morgan fingerprint density at radius 3 is 2.54 bits per heavy atom. The van der Waals surface area contributed by atoms with Crippen molar-refractivity contribution in [3.05, 3.63) is 54.4 Å². The lowest BCUT2D eigenvalue weighted by atomic mass is 10.1. The van der Waals surface area contributed by atoms with Gasteiger partial charge in [-0.25, -0.2) is 9.67 Å². The fraction of sp³-hybridized carbons (Fsp3) is 0.211. The van der Waals surface area contributed by atoms with Gasteiger partial charge >= 0.3 is 0 Å². The van der Waals surface area contributed by atoms with E-state index in [1.165, 1.54) is 0 Å². The predicted octanol–water partition coefficient (Wildman–Crippen LogP) is 2.04. The summed E-state index contributed by atoms with van der Waals surface area (Å²) in [6.45, 7) is 0. The third-order valence-corrected chi connectivity index (χ3v) is 3.92. The Bertz CT molecular complexity index is 916. The third-order valence-electron chi connectivity index (χ3n) is 3.92. The van der Waals surface area contributed by atoms with Crippen LogP contribution in [0.25, 0.3) is 17.1 Å². The van der Waals surface area contributed by atoms with Gasteiger partial charge < -0.3 is 15.4 Å². The molecule has 0 aliphatic carbocycles. The lowest BCUT2D eigenvalue weighted by Gasteiger charge is -2.13. The zero-order valence-electron chi connectivity index (χ0n) is 15.0. The summed E-state index contributed by atoms with van der Waals surface area (Å²) in [6, 6.07) is 15.5. The number of benzene rings is 2. The predicted molar refractivity (Wildman–Crippen MR) is 101 cm³/mol. The molecule has 0 spiro atoms. The first-order chi connectivity index (χ1) is 12.5. The number of anilines is 1. The molecule has 7 heteroatoms. The largest absolute Gasteiger partial charge is 0.497 e. The molecule has 26 heavy (non-hydrogen) atoms. The number of carbonyl (C=O) groups excluding carboxylic acids is 1. The van der Waals surface area contributed by atoms with Crippen molar-refractivity contribution in [1.29, 1.82) is 0 Å². The van der Waals surface area contributed by atoms with Crippen LogP contribution in [0.4, 0.5) is 5.69 Å². The summed E-state index contributed by atoms with van der Waals surface area (Å²) in [5, 5.41) is 4.48. The Hall–Kier alpha value is -3.35. The van der Waals surface area contributed by atoms with Crippen molar-refractivity contribution in [3.8, 4) is 22.8 Å². The van der Waals surface area contributed by atoms with E-state index >= 15 is 0 Å². The van der Waals surface area contributed by atoms with Gasteiger partial charge in [-0.2, -0.15) is 5.10 Å². The van der Waals surface area contributed by atoms with E-state index in [1.54, 1.807) is 11.8 Å². The van der Waals surface area contributed by atoms with Crippen molar-refractivity contribution >= 4 is 11.6 Å².